The Bertz CT molecular complexity index is 600. The summed E-state index contributed by atoms with van der Waals surface area (Å²) in [7, 11) is 0. The molecule has 5 nitrogen and oxygen atoms in total. The Morgan fingerprint density at radius 2 is 2.15 bits per heavy atom. The highest BCUT2D eigenvalue weighted by molar-refractivity contribution is 5.88. The molecule has 2 aromatic rings. The highest BCUT2D eigenvalue weighted by Gasteiger charge is 2.27. The number of anilines is 1. The van der Waals surface area contributed by atoms with Gasteiger partial charge in [0.1, 0.15) is 0 Å². The van der Waals surface area contributed by atoms with Gasteiger partial charge in [-0.25, -0.2) is 0 Å². The van der Waals surface area contributed by atoms with E-state index < -0.39 is 0 Å². The topological polar surface area (TPSA) is 55.6 Å². The summed E-state index contributed by atoms with van der Waals surface area (Å²) in [6.45, 7) is 3.90. The summed E-state index contributed by atoms with van der Waals surface area (Å²) in [6.07, 6.45) is 1.61. The van der Waals surface area contributed by atoms with Gasteiger partial charge in [0.05, 0.1) is 17.9 Å². The predicted molar refractivity (Wildman–Crippen MR) is 75.6 cm³/mol. The normalized spacial score (nSPS) is 16.6. The number of piperidine rings is 1. The van der Waals surface area contributed by atoms with E-state index in [0.717, 1.165) is 42.7 Å². The van der Waals surface area contributed by atoms with Crippen molar-refractivity contribution in [3.8, 4) is 0 Å². The Labute approximate surface area is 117 Å². The van der Waals surface area contributed by atoms with Crippen molar-refractivity contribution in [3.05, 3.63) is 24.3 Å². The second kappa shape index (κ2) is 5.53. The Balaban J connectivity index is 1.70. The van der Waals surface area contributed by atoms with E-state index in [2.05, 4.69) is 10.1 Å². The van der Waals surface area contributed by atoms with Gasteiger partial charge in [0.25, 0.3) is 0 Å². The van der Waals surface area contributed by atoms with Crippen LogP contribution in [0.4, 0.5) is 5.82 Å². The maximum Gasteiger partial charge on any atom is 0.309 e. The summed E-state index contributed by atoms with van der Waals surface area (Å²) >= 11 is 0. The summed E-state index contributed by atoms with van der Waals surface area (Å²) in [4.78, 5) is 13.9. The summed E-state index contributed by atoms with van der Waals surface area (Å²) in [5, 5.41) is 5.19. The van der Waals surface area contributed by atoms with Gasteiger partial charge in [-0.1, -0.05) is 17.3 Å². The summed E-state index contributed by atoms with van der Waals surface area (Å²) in [5.41, 5.74) is 0.801. The zero-order valence-corrected chi connectivity index (χ0v) is 11.5. The van der Waals surface area contributed by atoms with Crippen molar-refractivity contribution in [2.24, 2.45) is 5.92 Å². The monoisotopic (exact) mass is 274 g/mol. The molecule has 0 spiro atoms. The second-order valence-electron chi connectivity index (χ2n) is 5.02. The van der Waals surface area contributed by atoms with Crippen molar-refractivity contribution in [1.82, 2.24) is 5.16 Å². The molecule has 0 amide bonds. The molecule has 0 bridgehead atoms. The Morgan fingerprint density at radius 3 is 2.90 bits per heavy atom. The summed E-state index contributed by atoms with van der Waals surface area (Å²) < 4.78 is 10.4. The minimum atomic E-state index is -0.0721. The number of hydrogen-bond acceptors (Lipinski definition) is 5. The van der Waals surface area contributed by atoms with Crippen LogP contribution in [0.25, 0.3) is 11.0 Å². The number of fused-ring (bicyclic) bond motifs is 1. The molecule has 1 aromatic carbocycles. The summed E-state index contributed by atoms with van der Waals surface area (Å²) in [6, 6.07) is 7.84. The van der Waals surface area contributed by atoms with Gasteiger partial charge >= 0.3 is 5.97 Å². The van der Waals surface area contributed by atoms with Gasteiger partial charge < -0.3 is 14.2 Å². The average Bonchev–Trinajstić information content (AvgIpc) is 2.92. The van der Waals surface area contributed by atoms with Crippen molar-refractivity contribution < 1.29 is 14.1 Å². The maximum absolute atomic E-state index is 11.7. The van der Waals surface area contributed by atoms with Crippen molar-refractivity contribution in [3.63, 3.8) is 0 Å². The quantitative estimate of drug-likeness (QED) is 0.805. The van der Waals surface area contributed by atoms with E-state index in [-0.39, 0.29) is 11.9 Å². The van der Waals surface area contributed by atoms with Crippen LogP contribution >= 0.6 is 0 Å². The van der Waals surface area contributed by atoms with Crippen molar-refractivity contribution in [1.29, 1.82) is 0 Å². The zero-order chi connectivity index (χ0) is 13.9. The molecule has 20 heavy (non-hydrogen) atoms. The number of rotatable bonds is 3. The van der Waals surface area contributed by atoms with Crippen LogP contribution in [-0.4, -0.2) is 30.8 Å². The van der Waals surface area contributed by atoms with Crippen LogP contribution in [0.15, 0.2) is 28.8 Å². The van der Waals surface area contributed by atoms with Gasteiger partial charge in [0.2, 0.25) is 0 Å². The first-order chi connectivity index (χ1) is 9.79. The highest BCUT2D eigenvalue weighted by Crippen LogP contribution is 2.29. The van der Waals surface area contributed by atoms with Gasteiger partial charge in [0, 0.05) is 13.1 Å². The molecule has 0 aliphatic carbocycles. The number of nitrogens with zero attached hydrogens (tertiary/aromatic N) is 2. The molecular formula is C15H18N2O3. The van der Waals surface area contributed by atoms with Crippen LogP contribution in [0.1, 0.15) is 19.8 Å². The molecule has 0 atom stereocenters. The lowest BCUT2D eigenvalue weighted by atomic mass is 9.97. The van der Waals surface area contributed by atoms with E-state index in [1.807, 2.05) is 31.2 Å². The zero-order valence-electron chi connectivity index (χ0n) is 11.5. The molecule has 3 rings (SSSR count). The molecule has 0 unspecified atom stereocenters. The van der Waals surface area contributed by atoms with Crippen LogP contribution in [0, 0.1) is 5.92 Å². The van der Waals surface area contributed by atoms with Crippen molar-refractivity contribution in [2.45, 2.75) is 19.8 Å². The smallest absolute Gasteiger partial charge is 0.309 e. The van der Waals surface area contributed by atoms with Gasteiger partial charge in [-0.3, -0.25) is 4.79 Å². The van der Waals surface area contributed by atoms with Gasteiger partial charge in [-0.2, -0.15) is 0 Å². The lowest BCUT2D eigenvalue weighted by Crippen LogP contribution is -2.37. The molecule has 0 radical (unpaired) electrons. The van der Waals surface area contributed by atoms with E-state index in [4.69, 9.17) is 9.26 Å². The number of esters is 1. The van der Waals surface area contributed by atoms with Crippen LogP contribution in [0.5, 0.6) is 0 Å². The van der Waals surface area contributed by atoms with Gasteiger partial charge in [-0.15, -0.1) is 0 Å². The van der Waals surface area contributed by atoms with E-state index >= 15 is 0 Å². The molecule has 106 valence electrons. The number of aromatic nitrogens is 1. The number of carbonyl (C=O) groups is 1. The lowest BCUT2D eigenvalue weighted by molar-refractivity contribution is -0.148. The molecule has 1 aliphatic rings. The van der Waals surface area contributed by atoms with E-state index in [1.165, 1.54) is 0 Å². The van der Waals surface area contributed by atoms with Crippen molar-refractivity contribution >= 4 is 22.8 Å². The fourth-order valence-corrected chi connectivity index (χ4v) is 2.69. The fraction of sp³-hybridized carbons (Fsp3) is 0.467. The minimum absolute atomic E-state index is 0.0179. The van der Waals surface area contributed by atoms with Crippen LogP contribution in [-0.2, 0) is 9.53 Å². The molecule has 1 aromatic heterocycles. The largest absolute Gasteiger partial charge is 0.466 e. The number of ether oxygens (including phenoxy) is 1. The fourth-order valence-electron chi connectivity index (χ4n) is 2.69. The number of carbonyl (C=O) groups excluding carboxylic acids is 1. The third kappa shape index (κ3) is 2.35. The third-order valence-corrected chi connectivity index (χ3v) is 3.77. The van der Waals surface area contributed by atoms with Crippen LogP contribution in [0.3, 0.4) is 0 Å². The van der Waals surface area contributed by atoms with E-state index in [1.54, 1.807) is 0 Å². The summed E-state index contributed by atoms with van der Waals surface area (Å²) in [5.74, 6) is 0.824. The number of hydrogen-bond donors (Lipinski definition) is 0. The standard InChI is InChI=1S/C15H18N2O3/c1-2-19-15(18)11-7-9-17(10-8-11)14-12-5-3-4-6-13(12)20-16-14/h3-6,11H,2,7-10H2,1H3. The van der Waals surface area contributed by atoms with E-state index in [9.17, 15) is 4.79 Å². The van der Waals surface area contributed by atoms with Gasteiger partial charge in [0.15, 0.2) is 11.4 Å². The predicted octanol–water partition coefficient (Wildman–Crippen LogP) is 2.61. The maximum atomic E-state index is 11.7. The highest BCUT2D eigenvalue weighted by atomic mass is 16.5. The van der Waals surface area contributed by atoms with Gasteiger partial charge in [-0.05, 0) is 31.9 Å². The third-order valence-electron chi connectivity index (χ3n) is 3.77. The molecule has 2 heterocycles. The van der Waals surface area contributed by atoms with Crippen LogP contribution in [0.2, 0.25) is 0 Å². The number of benzene rings is 1. The molecule has 1 saturated heterocycles. The first-order valence-corrected chi connectivity index (χ1v) is 7.05. The molecular weight excluding hydrogens is 256 g/mol. The molecule has 0 N–H and O–H groups in total. The first kappa shape index (κ1) is 13.0. The molecule has 5 heteroatoms. The lowest BCUT2D eigenvalue weighted by Gasteiger charge is -2.30. The first-order valence-electron chi connectivity index (χ1n) is 7.05. The molecule has 1 aliphatic heterocycles. The Morgan fingerprint density at radius 1 is 1.40 bits per heavy atom. The molecule has 0 saturated carbocycles. The Kier molecular flexibility index (Phi) is 3.58. The average molecular weight is 274 g/mol. The molecule has 1 fully saturated rings. The van der Waals surface area contributed by atoms with Crippen LogP contribution < -0.4 is 4.90 Å². The van der Waals surface area contributed by atoms with E-state index in [0.29, 0.717) is 6.61 Å². The second-order valence-corrected chi connectivity index (χ2v) is 5.02. The van der Waals surface area contributed by atoms with Crippen molar-refractivity contribution in [2.75, 3.05) is 24.6 Å². The Hall–Kier alpha value is -2.04. The SMILES string of the molecule is CCOC(=O)C1CCN(c2noc3ccccc23)CC1. The minimum Gasteiger partial charge on any atom is -0.466 e. The number of para-hydroxylation sites is 1.